The number of nitrogens with zero attached hydrogens (tertiary/aromatic N) is 3. The average molecular weight is 476 g/mol. The predicted molar refractivity (Wildman–Crippen MR) is 113 cm³/mol. The highest BCUT2D eigenvalue weighted by atomic mass is 32.2. The Morgan fingerprint density at radius 3 is 2.59 bits per heavy atom. The third kappa shape index (κ3) is 6.80. The number of allylic oxidation sites excluding steroid dienone is 1. The lowest BCUT2D eigenvalue weighted by Crippen LogP contribution is -2.22. The molecule has 0 bridgehead atoms. The Balaban J connectivity index is 2.44. The zero-order valence-corrected chi connectivity index (χ0v) is 18.2. The summed E-state index contributed by atoms with van der Waals surface area (Å²) in [5, 5.41) is 12.2. The number of aromatic nitrogens is 2. The summed E-state index contributed by atoms with van der Waals surface area (Å²) in [5.74, 6) is -1.18. The molecule has 0 saturated carbocycles. The lowest BCUT2D eigenvalue weighted by atomic mass is 10.1. The molecule has 8 nitrogen and oxygen atoms in total. The molecule has 0 aliphatic heterocycles. The number of halogens is 4. The van der Waals surface area contributed by atoms with Crippen molar-refractivity contribution >= 4 is 34.5 Å². The lowest BCUT2D eigenvalue weighted by Gasteiger charge is -2.15. The van der Waals surface area contributed by atoms with Crippen LogP contribution < -0.4 is 11.1 Å². The standard InChI is InChI=1S/C19H21F4N5O3S/c1-18(2,29)10-25-8-11(7-24)16-13(19(21,22)23)9-26-17(28-16)27-15-5-4-12(6-14(15)20)32(30)31-3/h4-9,29H,10,24H2,1-3H3,(H,26,27,28)/p+1/b11-7+,25-8?. The summed E-state index contributed by atoms with van der Waals surface area (Å²) in [5.41, 5.74) is 2.20. The molecule has 0 amide bonds. The fourth-order valence-electron chi connectivity index (χ4n) is 2.36. The average Bonchev–Trinajstić information content (AvgIpc) is 2.70. The molecule has 1 aromatic carbocycles. The van der Waals surface area contributed by atoms with Crippen LogP contribution in [0.15, 0.2) is 40.5 Å². The topological polar surface area (TPSA) is 123 Å². The van der Waals surface area contributed by atoms with Crippen molar-refractivity contribution in [3.63, 3.8) is 0 Å². The third-order valence-corrected chi connectivity index (χ3v) is 4.86. The Hall–Kier alpha value is -2.90. The van der Waals surface area contributed by atoms with Gasteiger partial charge in [0.15, 0.2) is 10.7 Å². The predicted octanol–water partition coefficient (Wildman–Crippen LogP) is 3.14. The molecule has 1 heterocycles. The van der Waals surface area contributed by atoms with Gasteiger partial charge in [0.25, 0.3) is 0 Å². The van der Waals surface area contributed by atoms with Crippen molar-refractivity contribution in [1.82, 2.24) is 9.97 Å². The lowest BCUT2D eigenvalue weighted by molar-refractivity contribution is -0.138. The number of rotatable bonds is 8. The van der Waals surface area contributed by atoms with Crippen molar-refractivity contribution in [3.05, 3.63) is 47.7 Å². The first-order chi connectivity index (χ1) is 14.9. The van der Waals surface area contributed by atoms with Crippen LogP contribution in [0.1, 0.15) is 25.1 Å². The van der Waals surface area contributed by atoms with Gasteiger partial charge in [-0.1, -0.05) is 4.21 Å². The van der Waals surface area contributed by atoms with Crippen molar-refractivity contribution < 1.29 is 31.1 Å². The van der Waals surface area contributed by atoms with Crippen LogP contribution in [0.4, 0.5) is 29.2 Å². The first-order valence-corrected chi connectivity index (χ1v) is 10.2. The van der Waals surface area contributed by atoms with E-state index in [1.165, 1.54) is 33.1 Å². The van der Waals surface area contributed by atoms with Crippen LogP contribution in [-0.4, -0.2) is 40.5 Å². The van der Waals surface area contributed by atoms with Gasteiger partial charge in [0, 0.05) is 30.3 Å². The van der Waals surface area contributed by atoms with Gasteiger partial charge < -0.3 is 16.2 Å². The monoisotopic (exact) mass is 476 g/mol. The highest BCUT2D eigenvalue weighted by Crippen LogP contribution is 2.34. The van der Waals surface area contributed by atoms with Crippen molar-refractivity contribution in [2.24, 2.45) is 10.7 Å². The van der Waals surface area contributed by atoms with Crippen molar-refractivity contribution in [2.75, 3.05) is 19.0 Å². The Kier molecular flexibility index (Phi) is 8.04. The molecule has 0 radical (unpaired) electrons. The number of hydrogen-bond donors (Lipinski definition) is 3. The molecule has 4 N–H and O–H groups in total. The Morgan fingerprint density at radius 2 is 2.06 bits per heavy atom. The Morgan fingerprint density at radius 1 is 1.38 bits per heavy atom. The second kappa shape index (κ2) is 10.1. The van der Waals surface area contributed by atoms with Crippen molar-refractivity contribution in [1.29, 1.82) is 0 Å². The number of hydrogen-bond acceptors (Lipinski definition) is 8. The van der Waals surface area contributed by atoms with Crippen LogP contribution in [0, 0.1) is 5.82 Å². The largest absolute Gasteiger partial charge is 0.419 e. The summed E-state index contributed by atoms with van der Waals surface area (Å²) in [6, 6.07) is 3.51. The van der Waals surface area contributed by atoms with Gasteiger partial charge in [-0.05, 0) is 26.0 Å². The molecule has 1 atom stereocenters. The molecule has 1 aromatic heterocycles. The van der Waals surface area contributed by atoms with Gasteiger partial charge in [-0.3, -0.25) is 4.99 Å². The highest BCUT2D eigenvalue weighted by Gasteiger charge is 2.36. The number of aliphatic hydroxyl groups is 1. The molecule has 174 valence electrons. The molecule has 0 aliphatic rings. The van der Waals surface area contributed by atoms with E-state index in [4.69, 9.17) is 5.73 Å². The van der Waals surface area contributed by atoms with Gasteiger partial charge in [0.1, 0.15) is 5.56 Å². The van der Waals surface area contributed by atoms with Crippen LogP contribution in [0.3, 0.4) is 0 Å². The summed E-state index contributed by atoms with van der Waals surface area (Å²) in [6.07, 6.45) is -2.33. The SMILES string of the molecule is CO[SH+](=O)c1ccc(Nc2ncc(C(F)(F)F)c(/C(C=NCC(C)(C)O)=C/N)n2)c(F)c1. The normalized spacial score (nSPS) is 14.1. The second-order valence-corrected chi connectivity index (χ2v) is 8.48. The fraction of sp³-hybridized carbons (Fsp3) is 0.316. The van der Waals surface area contributed by atoms with Crippen LogP contribution in [-0.2, 0) is 25.6 Å². The van der Waals surface area contributed by atoms with Gasteiger partial charge in [-0.2, -0.15) is 17.4 Å². The Bertz CT molecular complexity index is 1050. The molecule has 2 rings (SSSR count). The number of alkyl halides is 3. The molecule has 0 aliphatic carbocycles. The van der Waals surface area contributed by atoms with Crippen molar-refractivity contribution in [2.45, 2.75) is 30.5 Å². The van der Waals surface area contributed by atoms with Gasteiger partial charge in [-0.15, -0.1) is 0 Å². The second-order valence-electron chi connectivity index (χ2n) is 7.09. The zero-order chi connectivity index (χ0) is 24.1. The van der Waals surface area contributed by atoms with Crippen molar-refractivity contribution in [3.8, 4) is 0 Å². The van der Waals surface area contributed by atoms with Gasteiger partial charge >= 0.3 is 6.18 Å². The minimum atomic E-state index is -4.80. The molecule has 0 spiro atoms. The molecule has 2 aromatic rings. The number of nitrogens with two attached hydrogens (primary N) is 1. The van der Waals surface area contributed by atoms with E-state index in [1.807, 2.05) is 0 Å². The van der Waals surface area contributed by atoms with Crippen LogP contribution in [0.2, 0.25) is 0 Å². The van der Waals surface area contributed by atoms with Crippen LogP contribution in [0.5, 0.6) is 0 Å². The van der Waals surface area contributed by atoms with Gasteiger partial charge in [-0.25, -0.2) is 14.4 Å². The number of nitrogens with one attached hydrogen (secondary N) is 1. The summed E-state index contributed by atoms with van der Waals surface area (Å²) in [6.45, 7) is 2.86. The zero-order valence-electron chi connectivity index (χ0n) is 17.3. The highest BCUT2D eigenvalue weighted by molar-refractivity contribution is 7.80. The van der Waals surface area contributed by atoms with E-state index in [1.54, 1.807) is 0 Å². The summed E-state index contributed by atoms with van der Waals surface area (Å²) in [7, 11) is 1.20. The first-order valence-electron chi connectivity index (χ1n) is 9.02. The van der Waals surface area contributed by atoms with Gasteiger partial charge in [0.2, 0.25) is 17.0 Å². The molecule has 13 heteroatoms. The van der Waals surface area contributed by atoms with E-state index in [0.29, 0.717) is 6.20 Å². The minimum Gasteiger partial charge on any atom is -0.404 e. The molecule has 1 unspecified atom stereocenters. The van der Waals surface area contributed by atoms with E-state index < -0.39 is 39.9 Å². The van der Waals surface area contributed by atoms with E-state index >= 15 is 0 Å². The number of anilines is 2. The first kappa shape index (κ1) is 25.4. The molecule has 32 heavy (non-hydrogen) atoms. The maximum atomic E-state index is 14.3. The summed E-state index contributed by atoms with van der Waals surface area (Å²) < 4.78 is 71.1. The third-order valence-electron chi connectivity index (χ3n) is 3.83. The molecule has 0 fully saturated rings. The number of aliphatic imine (C=N–C) groups is 1. The van der Waals surface area contributed by atoms with E-state index in [-0.39, 0.29) is 28.6 Å². The van der Waals surface area contributed by atoms with E-state index in [9.17, 15) is 26.9 Å². The molecular weight excluding hydrogens is 454 g/mol. The van der Waals surface area contributed by atoms with Gasteiger partial charge in [0.05, 0.1) is 30.6 Å². The fourth-order valence-corrected chi connectivity index (χ4v) is 2.99. The maximum Gasteiger partial charge on any atom is 0.419 e. The number of benzene rings is 1. The van der Waals surface area contributed by atoms with Crippen LogP contribution >= 0.6 is 0 Å². The molecular formula is C19H22F4N5O3S+. The molecule has 0 saturated heterocycles. The summed E-state index contributed by atoms with van der Waals surface area (Å²) >= 11 is -2.24. The van der Waals surface area contributed by atoms with E-state index in [0.717, 1.165) is 18.5 Å². The van der Waals surface area contributed by atoms with E-state index in [2.05, 4.69) is 24.5 Å². The maximum absolute atomic E-state index is 14.3. The minimum absolute atomic E-state index is 0.0935. The quantitative estimate of drug-likeness (QED) is 0.232. The Labute approximate surface area is 183 Å². The van der Waals surface area contributed by atoms with Crippen LogP contribution in [0.25, 0.3) is 5.57 Å². The summed E-state index contributed by atoms with van der Waals surface area (Å²) in [4.78, 5) is 11.4. The number of thiol groups is 1. The smallest absolute Gasteiger partial charge is 0.404 e.